The lowest BCUT2D eigenvalue weighted by molar-refractivity contribution is 0.0240. The third kappa shape index (κ3) is 6.79. The fourth-order valence-electron chi connectivity index (χ4n) is 3.73. The van der Waals surface area contributed by atoms with Crippen molar-refractivity contribution in [1.29, 1.82) is 0 Å². The Hall–Kier alpha value is -0.200. The van der Waals surface area contributed by atoms with Gasteiger partial charge in [0.2, 0.25) is 0 Å². The van der Waals surface area contributed by atoms with E-state index in [1.165, 1.54) is 38.8 Å². The van der Waals surface area contributed by atoms with Crippen LogP contribution in [0.25, 0.3) is 0 Å². The van der Waals surface area contributed by atoms with E-state index in [2.05, 4.69) is 9.99 Å². The third-order valence-electron chi connectivity index (χ3n) is 4.58. The molecule has 0 aromatic carbocycles. The lowest BCUT2D eigenvalue weighted by Gasteiger charge is -2.44. The molecule has 8 heteroatoms. The molecule has 2 rings (SSSR count). The molecule has 0 unspecified atom stereocenters. The smallest absolute Gasteiger partial charge is 0.414 e. The van der Waals surface area contributed by atoms with Gasteiger partial charge in [-0.15, -0.1) is 0 Å². The molecule has 0 spiro atoms. The van der Waals surface area contributed by atoms with E-state index < -0.39 is 12.7 Å². The predicted molar refractivity (Wildman–Crippen MR) is 103 cm³/mol. The zero-order valence-corrected chi connectivity index (χ0v) is 17.6. The molecule has 0 bridgehead atoms. The van der Waals surface area contributed by atoms with E-state index >= 15 is 0 Å². The van der Waals surface area contributed by atoms with Crippen molar-refractivity contribution in [3.05, 3.63) is 0 Å². The number of nitrogens with one attached hydrogen (secondary N) is 1. The number of piperidine rings is 2. The normalized spacial score (nSPS) is 25.0. The molecule has 6 nitrogen and oxygen atoms in total. The van der Waals surface area contributed by atoms with Crippen molar-refractivity contribution in [3.63, 3.8) is 0 Å². The van der Waals surface area contributed by atoms with Gasteiger partial charge in [-0.1, -0.05) is 6.42 Å². The van der Waals surface area contributed by atoms with Gasteiger partial charge < -0.3 is 13.8 Å². The first-order valence-corrected chi connectivity index (χ1v) is 12.1. The zero-order chi connectivity index (χ0) is 18.4. The summed E-state index contributed by atoms with van der Waals surface area (Å²) in [4.78, 5) is 14.8. The number of carbonyl (C=O) groups excluding carboxylic acids is 1. The number of hydrogen-bond acceptors (Lipinski definition) is 6. The summed E-state index contributed by atoms with van der Waals surface area (Å²) in [6.45, 7) is 7.40. The van der Waals surface area contributed by atoms with Crippen molar-refractivity contribution in [3.8, 4) is 0 Å². The SMILES string of the molecule is CC(C)OP(=S)(NC(=O)OC[C@@H]1CCCN2CCCC[C@H]12)OC(C)C. The Kier molecular flexibility index (Phi) is 8.15. The van der Waals surface area contributed by atoms with Gasteiger partial charge >= 0.3 is 6.09 Å². The molecule has 2 atom stereocenters. The van der Waals surface area contributed by atoms with Crippen molar-refractivity contribution in [2.45, 2.75) is 78.0 Å². The van der Waals surface area contributed by atoms with Gasteiger partial charge in [0.25, 0.3) is 6.64 Å². The summed E-state index contributed by atoms with van der Waals surface area (Å²) in [6, 6.07) is 0.553. The highest BCUT2D eigenvalue weighted by molar-refractivity contribution is 8.09. The summed E-state index contributed by atoms with van der Waals surface area (Å²) in [7, 11) is 0. The van der Waals surface area contributed by atoms with Gasteiger partial charge in [-0.3, -0.25) is 9.99 Å². The number of rotatable bonds is 7. The Morgan fingerprint density at radius 3 is 2.40 bits per heavy atom. The van der Waals surface area contributed by atoms with Crippen LogP contribution in [0.5, 0.6) is 0 Å². The summed E-state index contributed by atoms with van der Waals surface area (Å²) in [5, 5.41) is 2.67. The van der Waals surface area contributed by atoms with Gasteiger partial charge in [-0.05, 0) is 78.3 Å². The van der Waals surface area contributed by atoms with Crippen molar-refractivity contribution < 1.29 is 18.6 Å². The zero-order valence-electron chi connectivity index (χ0n) is 15.9. The van der Waals surface area contributed by atoms with Crippen molar-refractivity contribution in [1.82, 2.24) is 9.99 Å². The lowest BCUT2D eigenvalue weighted by Crippen LogP contribution is -2.49. The average Bonchev–Trinajstić information content (AvgIpc) is 2.50. The number of carbonyl (C=O) groups is 1. The summed E-state index contributed by atoms with van der Waals surface area (Å²) in [6.07, 6.45) is 5.28. The van der Waals surface area contributed by atoms with E-state index in [-0.39, 0.29) is 12.2 Å². The van der Waals surface area contributed by atoms with E-state index in [4.69, 9.17) is 25.6 Å². The fourth-order valence-corrected chi connectivity index (χ4v) is 6.54. The van der Waals surface area contributed by atoms with E-state index in [0.717, 1.165) is 6.42 Å². The van der Waals surface area contributed by atoms with E-state index in [1.54, 1.807) is 0 Å². The molecule has 146 valence electrons. The third-order valence-corrected chi connectivity index (χ3v) is 7.23. The van der Waals surface area contributed by atoms with Gasteiger partial charge in [0.1, 0.15) is 0 Å². The van der Waals surface area contributed by atoms with Crippen molar-refractivity contribution in [2.24, 2.45) is 5.92 Å². The summed E-state index contributed by atoms with van der Waals surface area (Å²) < 4.78 is 16.9. The van der Waals surface area contributed by atoms with Crippen LogP contribution in [0.15, 0.2) is 0 Å². The second-order valence-corrected chi connectivity index (χ2v) is 10.6. The molecular formula is C17H33N2O4PS. The largest absolute Gasteiger partial charge is 0.449 e. The van der Waals surface area contributed by atoms with Gasteiger partial charge in [0.15, 0.2) is 0 Å². The highest BCUT2D eigenvalue weighted by atomic mass is 32.5. The summed E-state index contributed by atoms with van der Waals surface area (Å²) in [5.41, 5.74) is 0. The van der Waals surface area contributed by atoms with Crippen molar-refractivity contribution >= 4 is 24.5 Å². The molecule has 0 aromatic heterocycles. The van der Waals surface area contributed by atoms with Crippen LogP contribution in [0.1, 0.15) is 59.8 Å². The first-order valence-electron chi connectivity index (χ1n) is 9.45. The van der Waals surface area contributed by atoms with E-state index in [0.29, 0.717) is 18.6 Å². The molecule has 2 fully saturated rings. The van der Waals surface area contributed by atoms with Crippen LogP contribution in [0.4, 0.5) is 4.79 Å². The van der Waals surface area contributed by atoms with E-state index in [9.17, 15) is 4.79 Å². The van der Waals surface area contributed by atoms with Crippen LogP contribution in [-0.2, 0) is 25.6 Å². The standard InChI is InChI=1S/C17H33N2O4PS/c1-13(2)22-24(25,23-14(3)4)18-17(20)21-12-15-8-7-11-19-10-6-5-9-16(15)19/h13-16H,5-12H2,1-4H3,(H,18,20,25)/t15-,16+/m0/s1. The first-order chi connectivity index (χ1) is 11.8. The number of fused-ring (bicyclic) bond motifs is 1. The molecular weight excluding hydrogens is 359 g/mol. The first kappa shape index (κ1) is 21.1. The maximum atomic E-state index is 12.3. The second-order valence-electron chi connectivity index (χ2n) is 7.52. The Balaban J connectivity index is 1.86. The average molecular weight is 393 g/mol. The minimum Gasteiger partial charge on any atom is -0.449 e. The van der Waals surface area contributed by atoms with Gasteiger partial charge in [-0.25, -0.2) is 4.79 Å². The summed E-state index contributed by atoms with van der Waals surface area (Å²) >= 11 is 5.44. The van der Waals surface area contributed by atoms with Gasteiger partial charge in [0, 0.05) is 12.0 Å². The van der Waals surface area contributed by atoms with Crippen LogP contribution in [0.2, 0.25) is 0 Å². The fraction of sp³-hybridized carbons (Fsp3) is 0.941. The predicted octanol–water partition coefficient (Wildman–Crippen LogP) is 4.05. The van der Waals surface area contributed by atoms with Crippen LogP contribution >= 0.6 is 6.64 Å². The highest BCUT2D eigenvalue weighted by Crippen LogP contribution is 2.46. The molecule has 2 heterocycles. The molecule has 0 aliphatic carbocycles. The number of amides is 1. The maximum Gasteiger partial charge on any atom is 0.414 e. The quantitative estimate of drug-likeness (QED) is 0.660. The van der Waals surface area contributed by atoms with Gasteiger partial charge in [-0.2, -0.15) is 0 Å². The molecule has 2 aliphatic heterocycles. The molecule has 0 aromatic rings. The molecule has 0 radical (unpaired) electrons. The van der Waals surface area contributed by atoms with Crippen LogP contribution < -0.4 is 5.09 Å². The lowest BCUT2D eigenvalue weighted by atomic mass is 9.84. The minimum atomic E-state index is -2.89. The van der Waals surface area contributed by atoms with Gasteiger partial charge in [0.05, 0.1) is 18.8 Å². The Labute approximate surface area is 157 Å². The number of nitrogens with zero attached hydrogens (tertiary/aromatic N) is 1. The monoisotopic (exact) mass is 392 g/mol. The Morgan fingerprint density at radius 1 is 1.12 bits per heavy atom. The topological polar surface area (TPSA) is 60.0 Å². The molecule has 2 saturated heterocycles. The summed E-state index contributed by atoms with van der Waals surface area (Å²) in [5.74, 6) is 0.412. The highest BCUT2D eigenvalue weighted by Gasteiger charge is 2.34. The van der Waals surface area contributed by atoms with Crippen molar-refractivity contribution in [2.75, 3.05) is 19.7 Å². The van der Waals surface area contributed by atoms with Crippen LogP contribution in [-0.4, -0.2) is 48.9 Å². The second kappa shape index (κ2) is 9.65. The Bertz CT molecular complexity index is 473. The Morgan fingerprint density at radius 2 is 1.76 bits per heavy atom. The number of ether oxygens (including phenoxy) is 1. The minimum absolute atomic E-state index is 0.126. The number of hydrogen-bond donors (Lipinski definition) is 1. The molecule has 0 saturated carbocycles. The van der Waals surface area contributed by atoms with Crippen LogP contribution in [0, 0.1) is 5.92 Å². The maximum absolute atomic E-state index is 12.3. The molecule has 1 amide bonds. The molecule has 25 heavy (non-hydrogen) atoms. The molecule has 2 aliphatic rings. The van der Waals surface area contributed by atoms with E-state index in [1.807, 2.05) is 27.7 Å². The molecule has 1 N–H and O–H groups in total. The van der Waals surface area contributed by atoms with Crippen LogP contribution in [0.3, 0.4) is 0 Å².